The van der Waals surface area contributed by atoms with E-state index in [1.54, 1.807) is 6.92 Å². The van der Waals surface area contributed by atoms with Gasteiger partial charge in [0.05, 0.1) is 30.7 Å². The van der Waals surface area contributed by atoms with Crippen LogP contribution in [0.4, 0.5) is 0 Å². The Labute approximate surface area is 203 Å². The quantitative estimate of drug-likeness (QED) is 0.105. The average molecular weight is 500 g/mol. The van der Waals surface area contributed by atoms with E-state index >= 15 is 0 Å². The van der Waals surface area contributed by atoms with Crippen LogP contribution in [0.5, 0.6) is 0 Å². The first-order valence-corrected chi connectivity index (χ1v) is 10.4. The lowest BCUT2D eigenvalue weighted by Crippen LogP contribution is -2.46. The molecular weight excluding hydrogens is 468 g/mol. The van der Waals surface area contributed by atoms with Crippen molar-refractivity contribution >= 4 is 30.3 Å². The zero-order valence-corrected chi connectivity index (χ0v) is 19.7. The number of aliphatic hydroxyl groups excluding tert-OH is 1. The number of carbonyl (C=O) groups is 5. The highest BCUT2D eigenvalue weighted by molar-refractivity contribution is 5.82. The van der Waals surface area contributed by atoms with Gasteiger partial charge in [-0.1, -0.05) is 26.7 Å². The second kappa shape index (κ2) is 17.0. The number of aliphatic hydroxyl groups is 1. The highest BCUT2D eigenvalue weighted by atomic mass is 16.6. The van der Waals surface area contributed by atoms with Crippen LogP contribution >= 0.6 is 0 Å². The predicted octanol–water partition coefficient (Wildman–Crippen LogP) is 0.282. The molecule has 0 amide bonds. The fourth-order valence-corrected chi connectivity index (χ4v) is 2.39. The normalized spacial score (nSPS) is 12.3. The van der Waals surface area contributed by atoms with Gasteiger partial charge in [0.1, 0.15) is 33.0 Å². The summed E-state index contributed by atoms with van der Waals surface area (Å²) >= 11 is 0. The van der Waals surface area contributed by atoms with Crippen LogP contribution in [-0.4, -0.2) is 88.3 Å². The maximum absolute atomic E-state index is 11.7. The highest BCUT2D eigenvalue weighted by Gasteiger charge is 2.39. The second-order valence-electron chi connectivity index (χ2n) is 7.51. The molecule has 0 aromatic carbocycles. The molecule has 0 aliphatic carbocycles. The second-order valence-corrected chi connectivity index (χ2v) is 7.51. The standard InChI is InChI=1S/C23H32O12/c1-5-18(26)32-13-22(9-24,14-33-19(27)6-2)10-30-11-23(12-31-17-25,15-34-20(28)7-3)16-35-21(29)8-4/h5-7,17,24H,1-3,8-16H2,4H3. The van der Waals surface area contributed by atoms with Gasteiger partial charge in [0.15, 0.2) is 0 Å². The van der Waals surface area contributed by atoms with E-state index in [0.717, 1.165) is 18.2 Å². The van der Waals surface area contributed by atoms with Crippen LogP contribution in [0.2, 0.25) is 0 Å². The molecule has 0 heterocycles. The Hall–Kier alpha value is -3.51. The van der Waals surface area contributed by atoms with Crippen LogP contribution < -0.4 is 0 Å². The van der Waals surface area contributed by atoms with Crippen LogP contribution in [0.1, 0.15) is 13.3 Å². The first-order chi connectivity index (χ1) is 16.6. The molecule has 1 atom stereocenters. The van der Waals surface area contributed by atoms with Gasteiger partial charge in [-0.25, -0.2) is 14.4 Å². The zero-order valence-electron chi connectivity index (χ0n) is 19.7. The van der Waals surface area contributed by atoms with Gasteiger partial charge in [0.2, 0.25) is 0 Å². The van der Waals surface area contributed by atoms with Crippen molar-refractivity contribution in [3.8, 4) is 0 Å². The molecule has 12 nitrogen and oxygen atoms in total. The Morgan fingerprint density at radius 3 is 1.54 bits per heavy atom. The number of esters is 4. The van der Waals surface area contributed by atoms with Crippen molar-refractivity contribution in [3.05, 3.63) is 38.0 Å². The van der Waals surface area contributed by atoms with Crippen molar-refractivity contribution in [1.29, 1.82) is 0 Å². The fourth-order valence-electron chi connectivity index (χ4n) is 2.39. The molecule has 12 heteroatoms. The Bertz CT molecular complexity index is 736. The molecule has 0 aromatic heterocycles. The molecule has 0 aromatic rings. The van der Waals surface area contributed by atoms with Crippen molar-refractivity contribution in [2.24, 2.45) is 10.8 Å². The van der Waals surface area contributed by atoms with Gasteiger partial charge in [0, 0.05) is 24.6 Å². The molecule has 0 fully saturated rings. The van der Waals surface area contributed by atoms with E-state index in [1.807, 2.05) is 0 Å². The van der Waals surface area contributed by atoms with Crippen molar-refractivity contribution in [3.63, 3.8) is 0 Å². The third-order valence-electron chi connectivity index (χ3n) is 4.50. The largest absolute Gasteiger partial charge is 0.467 e. The third-order valence-corrected chi connectivity index (χ3v) is 4.50. The Morgan fingerprint density at radius 2 is 1.14 bits per heavy atom. The summed E-state index contributed by atoms with van der Waals surface area (Å²) in [4.78, 5) is 57.2. The first kappa shape index (κ1) is 31.5. The van der Waals surface area contributed by atoms with Gasteiger partial charge in [-0.05, 0) is 0 Å². The van der Waals surface area contributed by atoms with Crippen LogP contribution in [-0.2, 0) is 52.4 Å². The van der Waals surface area contributed by atoms with E-state index in [4.69, 9.17) is 28.4 Å². The first-order valence-electron chi connectivity index (χ1n) is 10.4. The lowest BCUT2D eigenvalue weighted by atomic mass is 9.90. The number of ether oxygens (including phenoxy) is 6. The number of rotatable bonds is 20. The molecule has 0 saturated carbocycles. The van der Waals surface area contributed by atoms with E-state index in [0.29, 0.717) is 0 Å². The van der Waals surface area contributed by atoms with E-state index in [2.05, 4.69) is 19.7 Å². The SMILES string of the molecule is C=CC(=O)OCC(CO)(COCC(COC=O)(COC(=O)C=C)COC(=O)CC)COC(=O)C=C. The number of carbonyl (C=O) groups excluding carboxylic acids is 5. The summed E-state index contributed by atoms with van der Waals surface area (Å²) < 4.78 is 30.8. The van der Waals surface area contributed by atoms with Gasteiger partial charge in [-0.15, -0.1) is 0 Å². The molecule has 1 N–H and O–H groups in total. The van der Waals surface area contributed by atoms with Gasteiger partial charge in [0.25, 0.3) is 6.47 Å². The minimum atomic E-state index is -1.40. The van der Waals surface area contributed by atoms with E-state index in [1.165, 1.54) is 0 Å². The predicted molar refractivity (Wildman–Crippen MR) is 120 cm³/mol. The summed E-state index contributed by atoms with van der Waals surface area (Å²) in [5.41, 5.74) is -2.73. The lowest BCUT2D eigenvalue weighted by Gasteiger charge is -2.34. The van der Waals surface area contributed by atoms with Gasteiger partial charge in [-0.2, -0.15) is 0 Å². The van der Waals surface area contributed by atoms with Crippen molar-refractivity contribution in [2.75, 3.05) is 52.9 Å². The zero-order chi connectivity index (χ0) is 26.7. The van der Waals surface area contributed by atoms with E-state index in [-0.39, 0.29) is 45.9 Å². The Balaban J connectivity index is 5.72. The molecule has 0 radical (unpaired) electrons. The third kappa shape index (κ3) is 12.5. The summed E-state index contributed by atoms with van der Waals surface area (Å²) in [6.07, 6.45) is 2.81. The molecule has 0 bridgehead atoms. The maximum Gasteiger partial charge on any atom is 0.330 e. The monoisotopic (exact) mass is 500 g/mol. The maximum atomic E-state index is 11.7. The molecular formula is C23H32O12. The van der Waals surface area contributed by atoms with Crippen LogP contribution in [0.3, 0.4) is 0 Å². The van der Waals surface area contributed by atoms with Crippen molar-refractivity contribution < 1.29 is 57.5 Å². The van der Waals surface area contributed by atoms with E-state index < -0.39 is 54.5 Å². The molecule has 0 spiro atoms. The Morgan fingerprint density at radius 1 is 0.714 bits per heavy atom. The van der Waals surface area contributed by atoms with Gasteiger partial charge >= 0.3 is 23.9 Å². The van der Waals surface area contributed by atoms with Crippen LogP contribution in [0.15, 0.2) is 38.0 Å². The fraction of sp³-hybridized carbons (Fsp3) is 0.522. The minimum Gasteiger partial charge on any atom is -0.467 e. The molecule has 0 aliphatic rings. The smallest absolute Gasteiger partial charge is 0.330 e. The molecule has 0 saturated heterocycles. The van der Waals surface area contributed by atoms with Gasteiger partial charge < -0.3 is 33.5 Å². The van der Waals surface area contributed by atoms with E-state index in [9.17, 15) is 29.1 Å². The summed E-state index contributed by atoms with van der Waals surface area (Å²) in [7, 11) is 0. The van der Waals surface area contributed by atoms with Crippen molar-refractivity contribution in [1.82, 2.24) is 0 Å². The minimum absolute atomic E-state index is 0.0644. The van der Waals surface area contributed by atoms with Crippen LogP contribution in [0, 0.1) is 10.8 Å². The summed E-state index contributed by atoms with van der Waals surface area (Å²) in [5.74, 6) is -2.91. The highest BCUT2D eigenvalue weighted by Crippen LogP contribution is 2.25. The molecule has 1 unspecified atom stereocenters. The molecule has 35 heavy (non-hydrogen) atoms. The lowest BCUT2D eigenvalue weighted by molar-refractivity contribution is -0.166. The molecule has 196 valence electrons. The van der Waals surface area contributed by atoms with Gasteiger partial charge in [-0.3, -0.25) is 9.59 Å². The summed E-state index contributed by atoms with van der Waals surface area (Å²) in [6, 6.07) is 0. The Kier molecular flexibility index (Phi) is 15.3. The average Bonchev–Trinajstić information content (AvgIpc) is 2.89. The van der Waals surface area contributed by atoms with Crippen molar-refractivity contribution in [2.45, 2.75) is 13.3 Å². The summed E-state index contributed by atoms with van der Waals surface area (Å²) in [5, 5.41) is 10.00. The summed E-state index contributed by atoms with van der Waals surface area (Å²) in [6.45, 7) is 8.41. The number of hydrogen-bond acceptors (Lipinski definition) is 12. The molecule has 0 rings (SSSR count). The topological polar surface area (TPSA) is 161 Å². The van der Waals surface area contributed by atoms with Crippen LogP contribution in [0.25, 0.3) is 0 Å². The molecule has 0 aliphatic heterocycles. The number of hydrogen-bond donors (Lipinski definition) is 1.